The van der Waals surface area contributed by atoms with Crippen molar-refractivity contribution in [3.05, 3.63) is 0 Å². The van der Waals surface area contributed by atoms with Gasteiger partial charge in [0.05, 0.1) is 0 Å². The molecule has 0 rings (SSSR count). The standard InChI is InChI=1S/C12H23N3O5/c1-8(2)6-13-10(17)7-15(3)12(20)14-9(4-5-16)11(18)19/h8-9,16H,4-7H2,1-3H3,(H,13,17)(H,14,20)(H,18,19)/t9-/m1/s1. The maximum Gasteiger partial charge on any atom is 0.326 e. The van der Waals surface area contributed by atoms with Crippen molar-refractivity contribution in [1.29, 1.82) is 0 Å². The predicted molar refractivity (Wildman–Crippen MR) is 72.1 cm³/mol. The maximum atomic E-state index is 11.7. The average Bonchev–Trinajstić information content (AvgIpc) is 2.35. The Morgan fingerprint density at radius 1 is 1.25 bits per heavy atom. The summed E-state index contributed by atoms with van der Waals surface area (Å²) in [5, 5.41) is 22.4. The van der Waals surface area contributed by atoms with Crippen LogP contribution in [0.5, 0.6) is 0 Å². The highest BCUT2D eigenvalue weighted by Gasteiger charge is 2.22. The number of aliphatic carboxylic acids is 1. The second kappa shape index (κ2) is 9.13. The molecule has 1 atom stereocenters. The maximum absolute atomic E-state index is 11.7. The molecule has 8 nitrogen and oxygen atoms in total. The predicted octanol–water partition coefficient (Wildman–Crippen LogP) is -0.764. The van der Waals surface area contributed by atoms with Crippen LogP contribution in [-0.4, -0.2) is 65.8 Å². The van der Waals surface area contributed by atoms with Gasteiger partial charge in [0.25, 0.3) is 0 Å². The zero-order chi connectivity index (χ0) is 15.7. The molecule has 0 fully saturated rings. The lowest BCUT2D eigenvalue weighted by molar-refractivity contribution is -0.139. The van der Waals surface area contributed by atoms with E-state index in [1.54, 1.807) is 0 Å². The largest absolute Gasteiger partial charge is 0.480 e. The van der Waals surface area contributed by atoms with Crippen LogP contribution in [0.3, 0.4) is 0 Å². The van der Waals surface area contributed by atoms with Gasteiger partial charge in [0.15, 0.2) is 0 Å². The van der Waals surface area contributed by atoms with E-state index in [2.05, 4.69) is 10.6 Å². The SMILES string of the molecule is CC(C)CNC(=O)CN(C)C(=O)N[C@H](CCO)C(=O)O. The van der Waals surface area contributed by atoms with Crippen LogP contribution in [0, 0.1) is 5.92 Å². The number of hydrogen-bond donors (Lipinski definition) is 4. The number of carboxylic acid groups (broad SMARTS) is 1. The molecular formula is C12H23N3O5. The summed E-state index contributed by atoms with van der Waals surface area (Å²) in [5.41, 5.74) is 0. The van der Waals surface area contributed by atoms with E-state index in [0.717, 1.165) is 4.90 Å². The Morgan fingerprint density at radius 2 is 1.85 bits per heavy atom. The van der Waals surface area contributed by atoms with Crippen LogP contribution >= 0.6 is 0 Å². The Bertz CT molecular complexity index is 346. The number of carbonyl (C=O) groups is 3. The number of rotatable bonds is 8. The van der Waals surface area contributed by atoms with Crippen molar-refractivity contribution in [2.24, 2.45) is 5.92 Å². The van der Waals surface area contributed by atoms with Crippen molar-refractivity contribution >= 4 is 17.9 Å². The van der Waals surface area contributed by atoms with Crippen molar-refractivity contribution in [3.63, 3.8) is 0 Å². The van der Waals surface area contributed by atoms with Crippen LogP contribution < -0.4 is 10.6 Å². The van der Waals surface area contributed by atoms with Crippen LogP contribution in [0.1, 0.15) is 20.3 Å². The molecule has 0 spiro atoms. The van der Waals surface area contributed by atoms with Crippen LogP contribution in [0.2, 0.25) is 0 Å². The number of aliphatic hydroxyl groups is 1. The number of carbonyl (C=O) groups excluding carboxylic acids is 2. The zero-order valence-electron chi connectivity index (χ0n) is 12.0. The Kier molecular flexibility index (Phi) is 8.30. The van der Waals surface area contributed by atoms with Crippen molar-refractivity contribution < 1.29 is 24.6 Å². The smallest absolute Gasteiger partial charge is 0.326 e. The minimum atomic E-state index is -1.23. The second-order valence-electron chi connectivity index (χ2n) is 4.91. The molecule has 0 unspecified atom stereocenters. The summed E-state index contributed by atoms with van der Waals surface area (Å²) in [7, 11) is 1.39. The van der Waals surface area contributed by atoms with E-state index < -0.39 is 18.0 Å². The van der Waals surface area contributed by atoms with Crippen molar-refractivity contribution in [2.75, 3.05) is 26.7 Å². The number of nitrogens with zero attached hydrogens (tertiary/aromatic N) is 1. The van der Waals surface area contributed by atoms with E-state index in [1.165, 1.54) is 7.05 Å². The van der Waals surface area contributed by atoms with Gasteiger partial charge in [0.2, 0.25) is 5.91 Å². The molecule has 8 heteroatoms. The third-order valence-corrected chi connectivity index (χ3v) is 2.45. The van der Waals surface area contributed by atoms with Crippen molar-refractivity contribution in [1.82, 2.24) is 15.5 Å². The van der Waals surface area contributed by atoms with Crippen LogP contribution in [-0.2, 0) is 9.59 Å². The fraction of sp³-hybridized carbons (Fsp3) is 0.750. The normalized spacial score (nSPS) is 11.8. The van der Waals surface area contributed by atoms with Gasteiger partial charge in [-0.2, -0.15) is 0 Å². The summed E-state index contributed by atoms with van der Waals surface area (Å²) in [6, 6.07) is -1.85. The summed E-state index contributed by atoms with van der Waals surface area (Å²) < 4.78 is 0. The molecule has 0 aromatic rings. The number of nitrogens with one attached hydrogen (secondary N) is 2. The highest BCUT2D eigenvalue weighted by Crippen LogP contribution is 1.94. The fourth-order valence-corrected chi connectivity index (χ4v) is 1.31. The molecule has 4 N–H and O–H groups in total. The molecule has 116 valence electrons. The molecule has 0 aliphatic rings. The Balaban J connectivity index is 4.26. The number of amides is 3. The summed E-state index contributed by atoms with van der Waals surface area (Å²) >= 11 is 0. The molecule has 0 saturated heterocycles. The van der Waals surface area contributed by atoms with Crippen molar-refractivity contribution in [2.45, 2.75) is 26.3 Å². The van der Waals surface area contributed by atoms with Crippen LogP contribution in [0.15, 0.2) is 0 Å². The summed E-state index contributed by atoms with van der Waals surface area (Å²) in [4.78, 5) is 35.1. The molecule has 0 saturated carbocycles. The lowest BCUT2D eigenvalue weighted by Crippen LogP contribution is -2.49. The van der Waals surface area contributed by atoms with E-state index in [1.807, 2.05) is 13.8 Å². The minimum absolute atomic E-state index is 0.0888. The lowest BCUT2D eigenvalue weighted by Gasteiger charge is -2.20. The molecule has 0 aromatic carbocycles. The third-order valence-electron chi connectivity index (χ3n) is 2.45. The van der Waals surface area contributed by atoms with Gasteiger partial charge < -0.3 is 25.7 Å². The summed E-state index contributed by atoms with van der Waals surface area (Å²) in [6.45, 7) is 3.89. The molecule has 0 heterocycles. The van der Waals surface area contributed by atoms with Gasteiger partial charge in [-0.25, -0.2) is 9.59 Å². The molecule has 0 bridgehead atoms. The second-order valence-corrected chi connectivity index (χ2v) is 4.91. The molecule has 0 aliphatic carbocycles. The topological polar surface area (TPSA) is 119 Å². The third kappa shape index (κ3) is 7.57. The van der Waals surface area contributed by atoms with Gasteiger partial charge in [-0.3, -0.25) is 4.79 Å². The molecular weight excluding hydrogens is 266 g/mol. The monoisotopic (exact) mass is 289 g/mol. The van der Waals surface area contributed by atoms with Gasteiger partial charge in [-0.15, -0.1) is 0 Å². The summed E-state index contributed by atoms with van der Waals surface area (Å²) in [5.74, 6) is -1.24. The van der Waals surface area contributed by atoms with Crippen LogP contribution in [0.25, 0.3) is 0 Å². The van der Waals surface area contributed by atoms with Gasteiger partial charge in [-0.05, 0) is 5.92 Å². The fourth-order valence-electron chi connectivity index (χ4n) is 1.31. The Labute approximate surface area is 118 Å². The van der Waals surface area contributed by atoms with Gasteiger partial charge in [0, 0.05) is 26.6 Å². The van der Waals surface area contributed by atoms with E-state index in [9.17, 15) is 14.4 Å². The number of hydrogen-bond acceptors (Lipinski definition) is 4. The van der Waals surface area contributed by atoms with Crippen molar-refractivity contribution in [3.8, 4) is 0 Å². The first kappa shape index (κ1) is 18.2. The van der Waals surface area contributed by atoms with Crippen LogP contribution in [0.4, 0.5) is 4.79 Å². The van der Waals surface area contributed by atoms with Gasteiger partial charge in [-0.1, -0.05) is 13.8 Å². The zero-order valence-corrected chi connectivity index (χ0v) is 12.0. The first-order valence-electron chi connectivity index (χ1n) is 6.39. The molecule has 3 amide bonds. The highest BCUT2D eigenvalue weighted by molar-refractivity contribution is 5.86. The number of likely N-dealkylation sites (N-methyl/N-ethyl adjacent to an activating group) is 1. The lowest BCUT2D eigenvalue weighted by atomic mass is 10.2. The number of urea groups is 1. The Morgan fingerprint density at radius 3 is 2.30 bits per heavy atom. The molecule has 0 radical (unpaired) electrons. The molecule has 0 aliphatic heterocycles. The van der Waals surface area contributed by atoms with Gasteiger partial charge >= 0.3 is 12.0 Å². The molecule has 20 heavy (non-hydrogen) atoms. The summed E-state index contributed by atoms with van der Waals surface area (Å²) in [6.07, 6.45) is -0.0888. The highest BCUT2D eigenvalue weighted by atomic mass is 16.4. The minimum Gasteiger partial charge on any atom is -0.480 e. The quantitative estimate of drug-likeness (QED) is 0.468. The number of carboxylic acids is 1. The van der Waals surface area contributed by atoms with E-state index in [4.69, 9.17) is 10.2 Å². The van der Waals surface area contributed by atoms with E-state index >= 15 is 0 Å². The first-order valence-corrected chi connectivity index (χ1v) is 6.39. The number of aliphatic hydroxyl groups excluding tert-OH is 1. The Hall–Kier alpha value is -1.83. The van der Waals surface area contributed by atoms with E-state index in [-0.39, 0.29) is 25.5 Å². The van der Waals surface area contributed by atoms with E-state index in [0.29, 0.717) is 12.5 Å². The molecule has 0 aromatic heterocycles. The average molecular weight is 289 g/mol. The first-order chi connectivity index (χ1) is 9.27. The van der Waals surface area contributed by atoms with Gasteiger partial charge in [0.1, 0.15) is 12.6 Å².